The first kappa shape index (κ1) is 25.8. The van der Waals surface area contributed by atoms with E-state index in [1.165, 1.54) is 0 Å². The molecule has 0 radical (unpaired) electrons. The third kappa shape index (κ3) is 31.4. The van der Waals surface area contributed by atoms with Crippen molar-refractivity contribution in [3.05, 3.63) is 44.2 Å². The monoisotopic (exact) mass is 312 g/mol. The largest absolute Gasteiger partial charge is 3.00 e. The van der Waals surface area contributed by atoms with Crippen molar-refractivity contribution in [1.29, 1.82) is 0 Å². The maximum Gasteiger partial charge on any atom is 3.00 e. The van der Waals surface area contributed by atoms with Crippen LogP contribution in [0.15, 0.2) is 24.3 Å². The van der Waals surface area contributed by atoms with Crippen LogP contribution >= 0.6 is 0 Å². The van der Waals surface area contributed by atoms with Gasteiger partial charge in [0.25, 0.3) is 0 Å². The molecule has 0 spiro atoms. The summed E-state index contributed by atoms with van der Waals surface area (Å²) in [6.07, 6.45) is 0. The van der Waals surface area contributed by atoms with Crippen LogP contribution in [0, 0.1) is 19.9 Å². The molecule has 0 amide bonds. The Morgan fingerprint density at radius 2 is 1.59 bits per heavy atom. The zero-order valence-corrected chi connectivity index (χ0v) is 14.6. The molecule has 0 atom stereocenters. The summed E-state index contributed by atoms with van der Waals surface area (Å²) in [7, 11) is 0. The van der Waals surface area contributed by atoms with E-state index in [0.29, 0.717) is 5.69 Å². The van der Waals surface area contributed by atoms with Crippen LogP contribution in [0.3, 0.4) is 0 Å². The topological polar surface area (TPSA) is 38.0 Å². The summed E-state index contributed by atoms with van der Waals surface area (Å²) < 4.78 is 0. The van der Waals surface area contributed by atoms with Gasteiger partial charge in [-0.2, -0.15) is 24.3 Å². The Kier molecular flexibility index (Phi) is 45.2. The van der Waals surface area contributed by atoms with Crippen molar-refractivity contribution in [3.63, 3.8) is 0 Å². The fraction of sp³-hybridized carbons (Fsp3) is 0.429. The third-order valence-corrected chi connectivity index (χ3v) is 1.09. The number of nitrogens with one attached hydrogen (secondary N) is 1. The van der Waals surface area contributed by atoms with E-state index < -0.39 is 0 Å². The molecule has 3 heteroatoms. The maximum atomic E-state index is 5.30. The molecule has 1 aromatic carbocycles. The predicted octanol–water partition coefficient (Wildman–Crippen LogP) is 3.36. The molecule has 0 unspecified atom stereocenters. The van der Waals surface area contributed by atoms with E-state index in [9.17, 15) is 0 Å². The summed E-state index contributed by atoms with van der Waals surface area (Å²) in [6, 6.07) is 10.2. The van der Waals surface area contributed by atoms with Crippen LogP contribution in [-0.2, 0) is 32.7 Å². The number of hydrogen-bond acceptors (Lipinski definition) is 2. The summed E-state index contributed by atoms with van der Waals surface area (Å²) in [4.78, 5) is 0. The van der Waals surface area contributed by atoms with Crippen LogP contribution < -0.4 is 11.1 Å². The number of nitrogen functional groups attached to an aromatic ring is 1. The molecule has 2 nitrogen and oxygen atoms in total. The molecule has 17 heavy (non-hydrogen) atoms. The Morgan fingerprint density at radius 3 is 1.71 bits per heavy atom. The van der Waals surface area contributed by atoms with Crippen molar-refractivity contribution in [1.82, 2.24) is 5.32 Å². The van der Waals surface area contributed by atoms with Gasteiger partial charge in [0.15, 0.2) is 0 Å². The molecule has 0 aliphatic rings. The minimum Gasteiger partial charge on any atom is -0.420 e. The molecule has 0 saturated heterocycles. The van der Waals surface area contributed by atoms with Gasteiger partial charge in [0, 0.05) is 0 Å². The number of para-hydroxylation sites is 1. The van der Waals surface area contributed by atoms with Gasteiger partial charge in [0.1, 0.15) is 0 Å². The van der Waals surface area contributed by atoms with Crippen molar-refractivity contribution in [2.24, 2.45) is 0 Å². The molecular formula is C14H27N2Y. The normalized spacial score (nSPS) is 6.71. The van der Waals surface area contributed by atoms with Crippen molar-refractivity contribution in [2.75, 3.05) is 18.8 Å². The first-order chi connectivity index (χ1) is 7.81. The number of nitrogens with two attached hydrogens (primary N) is 1. The van der Waals surface area contributed by atoms with Crippen molar-refractivity contribution < 1.29 is 32.7 Å². The van der Waals surface area contributed by atoms with Gasteiger partial charge < -0.3 is 24.9 Å². The molecule has 96 valence electrons. The summed E-state index contributed by atoms with van der Waals surface area (Å²) >= 11 is 0. The van der Waals surface area contributed by atoms with E-state index >= 15 is 0 Å². The predicted molar refractivity (Wildman–Crippen MR) is 76.0 cm³/mol. The Morgan fingerprint density at radius 1 is 1.12 bits per heavy atom. The van der Waals surface area contributed by atoms with Crippen molar-refractivity contribution in [2.45, 2.75) is 27.7 Å². The van der Waals surface area contributed by atoms with Gasteiger partial charge in [0.05, 0.1) is 0 Å². The fourth-order valence-electron chi connectivity index (χ4n) is 0.532. The van der Waals surface area contributed by atoms with E-state index in [-0.39, 0.29) is 32.7 Å². The molecule has 0 saturated carbocycles. The second-order valence-electron chi connectivity index (χ2n) is 2.07. The first-order valence-electron chi connectivity index (χ1n) is 5.82. The molecule has 0 heterocycles. The van der Waals surface area contributed by atoms with Gasteiger partial charge in [0.2, 0.25) is 0 Å². The third-order valence-electron chi connectivity index (χ3n) is 1.09. The summed E-state index contributed by atoms with van der Waals surface area (Å²) in [5, 5.41) is 2.89. The number of anilines is 1. The average molecular weight is 312 g/mol. The molecule has 0 bridgehead atoms. The van der Waals surface area contributed by atoms with Crippen LogP contribution in [0.1, 0.15) is 27.7 Å². The number of benzene rings is 1. The number of rotatable bonds is 2. The molecule has 1 aromatic rings. The van der Waals surface area contributed by atoms with Crippen LogP contribution in [-0.4, -0.2) is 13.1 Å². The van der Waals surface area contributed by atoms with Gasteiger partial charge in [-0.25, -0.2) is 0 Å². The SMILES string of the molecule is CC.CC.Nc1[c-]cccc1.[CH2-]CNC[CH2-].[Y+3]. The molecule has 0 aliphatic heterocycles. The molecule has 1 rings (SSSR count). The van der Waals surface area contributed by atoms with Gasteiger partial charge in [-0.3, -0.25) is 0 Å². The minimum absolute atomic E-state index is 0. The van der Waals surface area contributed by atoms with Crippen LogP contribution in [0.2, 0.25) is 0 Å². The first-order valence-corrected chi connectivity index (χ1v) is 5.82. The Bertz CT molecular complexity index is 177. The molecular weight excluding hydrogens is 285 g/mol. The Balaban J connectivity index is -0.0000000758. The van der Waals surface area contributed by atoms with Crippen molar-refractivity contribution in [3.8, 4) is 0 Å². The zero-order valence-electron chi connectivity index (χ0n) is 11.8. The van der Waals surface area contributed by atoms with Gasteiger partial charge in [-0.1, -0.05) is 33.4 Å². The molecule has 3 N–H and O–H groups in total. The van der Waals surface area contributed by atoms with E-state index in [1.807, 2.05) is 39.8 Å². The van der Waals surface area contributed by atoms with Crippen molar-refractivity contribution >= 4 is 5.69 Å². The summed E-state index contributed by atoms with van der Waals surface area (Å²) in [6.45, 7) is 16.6. The zero-order chi connectivity index (χ0) is 13.2. The van der Waals surface area contributed by atoms with Gasteiger partial charge in [-0.05, 0) is 0 Å². The second-order valence-corrected chi connectivity index (χ2v) is 2.07. The standard InChI is InChI=1S/C6H6N.C4H9N.2C2H6.Y/c7-6-4-2-1-3-5-6;1-3-5-4-2;2*1-2;/h1-4H,7H2;5H,1-4H2;2*1-2H3;/q-1;-2;;;+3. The molecule has 0 aromatic heterocycles. The molecule has 0 fully saturated rings. The van der Waals surface area contributed by atoms with Gasteiger partial charge >= 0.3 is 32.7 Å². The second kappa shape index (κ2) is 29.8. The van der Waals surface area contributed by atoms with Crippen LogP contribution in [0.5, 0.6) is 0 Å². The van der Waals surface area contributed by atoms with E-state index in [4.69, 9.17) is 5.73 Å². The van der Waals surface area contributed by atoms with Crippen LogP contribution in [0.4, 0.5) is 5.69 Å². The minimum atomic E-state index is 0. The van der Waals surface area contributed by atoms with Crippen LogP contribution in [0.25, 0.3) is 0 Å². The Labute approximate surface area is 134 Å². The summed E-state index contributed by atoms with van der Waals surface area (Å²) in [5.74, 6) is 0. The Hall–Kier alpha value is 0.0839. The summed E-state index contributed by atoms with van der Waals surface area (Å²) in [5.41, 5.74) is 6.00. The molecule has 0 aliphatic carbocycles. The van der Waals surface area contributed by atoms with E-state index in [2.05, 4.69) is 25.2 Å². The smallest absolute Gasteiger partial charge is 0.420 e. The maximum absolute atomic E-state index is 5.30. The van der Waals surface area contributed by atoms with E-state index in [1.54, 1.807) is 12.1 Å². The average Bonchev–Trinajstić information content (AvgIpc) is 2.37. The number of hydrogen-bond donors (Lipinski definition) is 2. The quantitative estimate of drug-likeness (QED) is 0.649. The van der Waals surface area contributed by atoms with E-state index in [0.717, 1.165) is 13.1 Å². The fourth-order valence-corrected chi connectivity index (χ4v) is 0.532. The van der Waals surface area contributed by atoms with Gasteiger partial charge in [-0.15, -0.1) is 19.2 Å².